The van der Waals surface area contributed by atoms with Gasteiger partial charge in [-0.05, 0) is 37.8 Å². The zero-order valence-electron chi connectivity index (χ0n) is 10.5. The first-order valence-electron chi connectivity index (χ1n) is 6.16. The van der Waals surface area contributed by atoms with Gasteiger partial charge in [0.25, 0.3) is 0 Å². The van der Waals surface area contributed by atoms with Gasteiger partial charge in [-0.3, -0.25) is 4.79 Å². The van der Waals surface area contributed by atoms with Crippen molar-refractivity contribution in [3.63, 3.8) is 0 Å². The highest BCUT2D eigenvalue weighted by Gasteiger charge is 2.51. The minimum absolute atomic E-state index is 0.134. The van der Waals surface area contributed by atoms with E-state index in [9.17, 15) is 4.79 Å². The highest BCUT2D eigenvalue weighted by molar-refractivity contribution is 5.91. The summed E-state index contributed by atoms with van der Waals surface area (Å²) < 4.78 is 0. The maximum atomic E-state index is 12.2. The predicted octanol–water partition coefficient (Wildman–Crippen LogP) is 1.41. The van der Waals surface area contributed by atoms with Crippen LogP contribution in [0.4, 0.5) is 0 Å². The van der Waals surface area contributed by atoms with Crippen molar-refractivity contribution in [2.24, 2.45) is 5.73 Å². The molecule has 3 heteroatoms. The molecular formula is C14H20N2O. The van der Waals surface area contributed by atoms with Crippen LogP contribution >= 0.6 is 0 Å². The van der Waals surface area contributed by atoms with Crippen LogP contribution in [0.15, 0.2) is 18.2 Å². The molecule has 3 nitrogen and oxygen atoms in total. The topological polar surface area (TPSA) is 55.1 Å². The van der Waals surface area contributed by atoms with Crippen molar-refractivity contribution < 1.29 is 4.79 Å². The van der Waals surface area contributed by atoms with Crippen molar-refractivity contribution in [3.8, 4) is 0 Å². The first-order valence-corrected chi connectivity index (χ1v) is 6.16. The van der Waals surface area contributed by atoms with E-state index in [-0.39, 0.29) is 11.3 Å². The number of carbonyl (C=O) groups is 1. The van der Waals surface area contributed by atoms with Crippen molar-refractivity contribution in [1.82, 2.24) is 5.32 Å². The fraction of sp³-hybridized carbons (Fsp3) is 0.500. The molecule has 1 fully saturated rings. The van der Waals surface area contributed by atoms with Crippen molar-refractivity contribution >= 4 is 5.91 Å². The molecular weight excluding hydrogens is 212 g/mol. The van der Waals surface area contributed by atoms with Crippen LogP contribution in [0.5, 0.6) is 0 Å². The Morgan fingerprint density at radius 2 is 2.12 bits per heavy atom. The molecule has 1 aromatic rings. The molecule has 2 rings (SSSR count). The molecule has 0 spiro atoms. The van der Waals surface area contributed by atoms with Gasteiger partial charge < -0.3 is 11.1 Å². The average Bonchev–Trinajstić information content (AvgIpc) is 3.07. The Hall–Kier alpha value is -1.35. The van der Waals surface area contributed by atoms with E-state index in [1.54, 1.807) is 0 Å². The molecule has 1 amide bonds. The van der Waals surface area contributed by atoms with Gasteiger partial charge in [0.2, 0.25) is 5.91 Å². The van der Waals surface area contributed by atoms with Crippen molar-refractivity contribution in [3.05, 3.63) is 34.9 Å². The molecule has 0 aromatic heterocycles. The second-order valence-electron chi connectivity index (χ2n) is 4.95. The minimum atomic E-state index is -0.271. The first kappa shape index (κ1) is 12.1. The summed E-state index contributed by atoms with van der Waals surface area (Å²) in [5, 5.41) is 2.91. The summed E-state index contributed by atoms with van der Waals surface area (Å²) >= 11 is 0. The number of rotatable bonds is 4. The molecule has 0 bridgehead atoms. The predicted molar refractivity (Wildman–Crippen MR) is 68.9 cm³/mol. The van der Waals surface area contributed by atoms with Crippen molar-refractivity contribution in [2.45, 2.75) is 32.1 Å². The van der Waals surface area contributed by atoms with E-state index in [0.29, 0.717) is 13.1 Å². The standard InChI is InChI=1S/C14H20N2O/c1-10-3-4-12(11(2)9-10)14(5-6-14)13(17)16-8-7-15/h3-4,9H,5-8,15H2,1-2H3,(H,16,17). The number of nitrogens with two attached hydrogens (primary N) is 1. The first-order chi connectivity index (χ1) is 8.10. The third kappa shape index (κ3) is 2.20. The maximum absolute atomic E-state index is 12.2. The third-order valence-corrected chi connectivity index (χ3v) is 3.51. The fourth-order valence-corrected chi connectivity index (χ4v) is 2.45. The quantitative estimate of drug-likeness (QED) is 0.824. The van der Waals surface area contributed by atoms with Crippen LogP contribution in [0.1, 0.15) is 29.5 Å². The van der Waals surface area contributed by atoms with Gasteiger partial charge in [-0.15, -0.1) is 0 Å². The van der Waals surface area contributed by atoms with Gasteiger partial charge in [-0.2, -0.15) is 0 Å². The molecule has 92 valence electrons. The van der Waals surface area contributed by atoms with E-state index >= 15 is 0 Å². The summed E-state index contributed by atoms with van der Waals surface area (Å²) in [6, 6.07) is 6.32. The number of hydrogen-bond donors (Lipinski definition) is 2. The molecule has 0 unspecified atom stereocenters. The molecule has 1 aromatic carbocycles. The monoisotopic (exact) mass is 232 g/mol. The fourth-order valence-electron chi connectivity index (χ4n) is 2.45. The van der Waals surface area contributed by atoms with Gasteiger partial charge in [0.05, 0.1) is 5.41 Å². The molecule has 1 saturated carbocycles. The molecule has 1 aliphatic carbocycles. The largest absolute Gasteiger partial charge is 0.354 e. The lowest BCUT2D eigenvalue weighted by atomic mass is 9.90. The molecule has 0 saturated heterocycles. The van der Waals surface area contributed by atoms with Gasteiger partial charge in [0.15, 0.2) is 0 Å². The zero-order chi connectivity index (χ0) is 12.5. The Balaban J connectivity index is 2.23. The molecule has 17 heavy (non-hydrogen) atoms. The van der Waals surface area contributed by atoms with Crippen LogP contribution < -0.4 is 11.1 Å². The van der Waals surface area contributed by atoms with Crippen LogP contribution in [0.3, 0.4) is 0 Å². The summed E-state index contributed by atoms with van der Waals surface area (Å²) in [5.41, 5.74) is 8.78. The lowest BCUT2D eigenvalue weighted by molar-refractivity contribution is -0.123. The smallest absolute Gasteiger partial charge is 0.230 e. The Morgan fingerprint density at radius 1 is 1.41 bits per heavy atom. The van der Waals surface area contributed by atoms with Crippen molar-refractivity contribution in [2.75, 3.05) is 13.1 Å². The van der Waals surface area contributed by atoms with E-state index in [1.807, 2.05) is 0 Å². The summed E-state index contributed by atoms with van der Waals surface area (Å²) in [4.78, 5) is 12.2. The summed E-state index contributed by atoms with van der Waals surface area (Å²) in [7, 11) is 0. The highest BCUT2D eigenvalue weighted by Crippen LogP contribution is 2.49. The number of hydrogen-bond acceptors (Lipinski definition) is 2. The Labute approximate surface area is 102 Å². The van der Waals surface area contributed by atoms with E-state index in [4.69, 9.17) is 5.73 Å². The van der Waals surface area contributed by atoms with Crippen LogP contribution in [0.2, 0.25) is 0 Å². The van der Waals surface area contributed by atoms with Gasteiger partial charge in [-0.25, -0.2) is 0 Å². The summed E-state index contributed by atoms with van der Waals surface area (Å²) in [6.45, 7) is 5.21. The minimum Gasteiger partial charge on any atom is -0.354 e. The molecule has 0 heterocycles. The molecule has 1 aliphatic rings. The normalized spacial score (nSPS) is 16.6. The van der Waals surface area contributed by atoms with E-state index in [2.05, 4.69) is 37.4 Å². The molecule has 0 aliphatic heterocycles. The average molecular weight is 232 g/mol. The van der Waals surface area contributed by atoms with Gasteiger partial charge in [-0.1, -0.05) is 23.8 Å². The molecule has 3 N–H and O–H groups in total. The summed E-state index contributed by atoms with van der Waals surface area (Å²) in [5.74, 6) is 0.134. The molecule has 0 radical (unpaired) electrons. The van der Waals surface area contributed by atoms with E-state index < -0.39 is 0 Å². The van der Waals surface area contributed by atoms with Crippen LogP contribution in [0.25, 0.3) is 0 Å². The number of benzene rings is 1. The van der Waals surface area contributed by atoms with Crippen LogP contribution in [0, 0.1) is 13.8 Å². The SMILES string of the molecule is Cc1ccc(C2(C(=O)NCCN)CC2)c(C)c1. The van der Waals surface area contributed by atoms with Crippen LogP contribution in [-0.2, 0) is 10.2 Å². The zero-order valence-corrected chi connectivity index (χ0v) is 10.5. The summed E-state index contributed by atoms with van der Waals surface area (Å²) in [6.07, 6.45) is 1.90. The second-order valence-corrected chi connectivity index (χ2v) is 4.95. The lowest BCUT2D eigenvalue weighted by Gasteiger charge is -2.18. The van der Waals surface area contributed by atoms with E-state index in [0.717, 1.165) is 12.8 Å². The van der Waals surface area contributed by atoms with Crippen molar-refractivity contribution in [1.29, 1.82) is 0 Å². The lowest BCUT2D eigenvalue weighted by Crippen LogP contribution is -2.37. The van der Waals surface area contributed by atoms with Gasteiger partial charge >= 0.3 is 0 Å². The number of aryl methyl sites for hydroxylation is 2. The molecule has 0 atom stereocenters. The Bertz CT molecular complexity index is 436. The number of carbonyl (C=O) groups excluding carboxylic acids is 1. The number of nitrogens with one attached hydrogen (secondary N) is 1. The van der Waals surface area contributed by atoms with Gasteiger partial charge in [0, 0.05) is 13.1 Å². The third-order valence-electron chi connectivity index (χ3n) is 3.51. The Kier molecular flexibility index (Phi) is 3.20. The van der Waals surface area contributed by atoms with Gasteiger partial charge in [0.1, 0.15) is 0 Å². The van der Waals surface area contributed by atoms with E-state index in [1.165, 1.54) is 16.7 Å². The maximum Gasteiger partial charge on any atom is 0.230 e. The van der Waals surface area contributed by atoms with Crippen LogP contribution in [-0.4, -0.2) is 19.0 Å². The number of amides is 1. The Morgan fingerprint density at radius 3 is 2.65 bits per heavy atom. The second kappa shape index (κ2) is 4.49. The highest BCUT2D eigenvalue weighted by atomic mass is 16.2.